The van der Waals surface area contributed by atoms with Crippen molar-refractivity contribution >= 4 is 22.6 Å². The van der Waals surface area contributed by atoms with Gasteiger partial charge in [-0.3, -0.25) is 0 Å². The summed E-state index contributed by atoms with van der Waals surface area (Å²) in [6.07, 6.45) is 7.11. The summed E-state index contributed by atoms with van der Waals surface area (Å²) >= 11 is 2.36. The molecule has 0 aliphatic heterocycles. The molecule has 0 aromatic heterocycles. The highest BCUT2D eigenvalue weighted by Crippen LogP contribution is 2.27. The Labute approximate surface area is 125 Å². The minimum absolute atomic E-state index is 0.457. The van der Waals surface area contributed by atoms with E-state index in [-0.39, 0.29) is 0 Å². The molecule has 1 nitrogen and oxygen atoms in total. The molecule has 1 N–H and O–H groups in total. The van der Waals surface area contributed by atoms with Crippen LogP contribution in [0, 0.1) is 9.49 Å². The highest BCUT2D eigenvalue weighted by molar-refractivity contribution is 14.1. The summed E-state index contributed by atoms with van der Waals surface area (Å²) in [5, 5.41) is 3.78. The van der Waals surface area contributed by atoms with E-state index in [0.717, 1.165) is 5.92 Å². The van der Waals surface area contributed by atoms with Gasteiger partial charge in [0.1, 0.15) is 0 Å². The number of hydrogen-bond acceptors (Lipinski definition) is 1. The van der Waals surface area contributed by atoms with Gasteiger partial charge in [-0.05, 0) is 72.9 Å². The Kier molecular flexibility index (Phi) is 5.49. The summed E-state index contributed by atoms with van der Waals surface area (Å²) in [7, 11) is 0. The predicted octanol–water partition coefficient (Wildman–Crippen LogP) is 4.91. The molecule has 18 heavy (non-hydrogen) atoms. The van der Waals surface area contributed by atoms with E-state index in [1.165, 1.54) is 41.2 Å². The highest BCUT2D eigenvalue weighted by atomic mass is 127. The summed E-state index contributed by atoms with van der Waals surface area (Å²) in [4.78, 5) is 0. The average Bonchev–Trinajstić information content (AvgIpc) is 2.40. The van der Waals surface area contributed by atoms with Crippen LogP contribution in [-0.4, -0.2) is 6.04 Å². The molecule has 1 unspecified atom stereocenters. The van der Waals surface area contributed by atoms with Crippen LogP contribution in [0.15, 0.2) is 24.3 Å². The van der Waals surface area contributed by atoms with Crippen LogP contribution in [0.4, 0.5) is 0 Å². The summed E-state index contributed by atoms with van der Waals surface area (Å²) in [6, 6.07) is 9.97. The third kappa shape index (κ3) is 3.95. The van der Waals surface area contributed by atoms with Crippen molar-refractivity contribution < 1.29 is 0 Å². The van der Waals surface area contributed by atoms with E-state index in [9.17, 15) is 0 Å². The molecule has 1 aliphatic rings. The Balaban J connectivity index is 1.89. The van der Waals surface area contributed by atoms with Gasteiger partial charge in [0.05, 0.1) is 0 Å². The molecule has 2 atom stereocenters. The first-order valence-electron chi connectivity index (χ1n) is 7.18. The lowest BCUT2D eigenvalue weighted by molar-refractivity contribution is 0.268. The van der Waals surface area contributed by atoms with E-state index < -0.39 is 0 Å². The van der Waals surface area contributed by atoms with Gasteiger partial charge in [0.2, 0.25) is 0 Å². The molecule has 100 valence electrons. The molecule has 0 heterocycles. The van der Waals surface area contributed by atoms with Gasteiger partial charge in [0.15, 0.2) is 0 Å². The molecular weight excluding hydrogens is 333 g/mol. The normalized spacial score (nSPS) is 20.6. The molecule has 1 aliphatic carbocycles. The van der Waals surface area contributed by atoms with Gasteiger partial charge in [-0.1, -0.05) is 31.4 Å². The van der Waals surface area contributed by atoms with E-state index in [1.54, 1.807) is 0 Å². The van der Waals surface area contributed by atoms with Crippen molar-refractivity contribution in [3.8, 4) is 0 Å². The van der Waals surface area contributed by atoms with Gasteiger partial charge >= 0.3 is 0 Å². The number of halogens is 1. The molecule has 0 saturated heterocycles. The highest BCUT2D eigenvalue weighted by Gasteiger charge is 2.21. The van der Waals surface area contributed by atoms with E-state index in [2.05, 4.69) is 66.0 Å². The maximum absolute atomic E-state index is 3.78. The van der Waals surface area contributed by atoms with Crippen molar-refractivity contribution in [3.05, 3.63) is 33.4 Å². The molecular formula is C16H24IN. The first kappa shape index (κ1) is 14.3. The smallest absolute Gasteiger partial charge is 0.0294 e. The molecule has 0 radical (unpaired) electrons. The molecule has 0 bridgehead atoms. The maximum Gasteiger partial charge on any atom is 0.0294 e. The first-order chi connectivity index (χ1) is 8.66. The minimum Gasteiger partial charge on any atom is -0.307 e. The van der Waals surface area contributed by atoms with Gasteiger partial charge in [-0.2, -0.15) is 0 Å². The zero-order chi connectivity index (χ0) is 13.0. The van der Waals surface area contributed by atoms with E-state index in [0.29, 0.717) is 12.1 Å². The number of benzene rings is 1. The quantitative estimate of drug-likeness (QED) is 0.755. The second-order valence-electron chi connectivity index (χ2n) is 5.63. The van der Waals surface area contributed by atoms with Crippen molar-refractivity contribution in [1.82, 2.24) is 5.32 Å². The zero-order valence-electron chi connectivity index (χ0n) is 11.5. The monoisotopic (exact) mass is 357 g/mol. The largest absolute Gasteiger partial charge is 0.307 e. The van der Waals surface area contributed by atoms with Crippen LogP contribution in [0.5, 0.6) is 0 Å². The molecule has 1 fully saturated rings. The van der Waals surface area contributed by atoms with Crippen LogP contribution in [0.2, 0.25) is 0 Å². The third-order valence-electron chi connectivity index (χ3n) is 4.24. The third-order valence-corrected chi connectivity index (χ3v) is 4.96. The Morgan fingerprint density at radius 3 is 2.28 bits per heavy atom. The fraction of sp³-hybridized carbons (Fsp3) is 0.625. The van der Waals surface area contributed by atoms with Crippen LogP contribution in [-0.2, 0) is 0 Å². The van der Waals surface area contributed by atoms with Crippen molar-refractivity contribution in [2.75, 3.05) is 0 Å². The summed E-state index contributed by atoms with van der Waals surface area (Å²) in [5.74, 6) is 0.880. The number of hydrogen-bond donors (Lipinski definition) is 1. The van der Waals surface area contributed by atoms with Gasteiger partial charge in [-0.25, -0.2) is 0 Å². The minimum atomic E-state index is 0.457. The van der Waals surface area contributed by atoms with Gasteiger partial charge in [0, 0.05) is 15.7 Å². The molecule has 1 aromatic carbocycles. The van der Waals surface area contributed by atoms with Gasteiger partial charge in [-0.15, -0.1) is 0 Å². The summed E-state index contributed by atoms with van der Waals surface area (Å²) in [6.45, 7) is 4.64. The lowest BCUT2D eigenvalue weighted by Crippen LogP contribution is -2.36. The number of rotatable bonds is 4. The molecule has 0 amide bonds. The lowest BCUT2D eigenvalue weighted by atomic mass is 9.84. The zero-order valence-corrected chi connectivity index (χ0v) is 13.6. The van der Waals surface area contributed by atoms with Crippen LogP contribution in [0.25, 0.3) is 0 Å². The molecule has 0 spiro atoms. The second kappa shape index (κ2) is 6.90. The maximum atomic E-state index is 3.78. The average molecular weight is 357 g/mol. The van der Waals surface area contributed by atoms with E-state index in [1.807, 2.05) is 0 Å². The fourth-order valence-corrected chi connectivity index (χ4v) is 3.37. The van der Waals surface area contributed by atoms with Crippen LogP contribution < -0.4 is 5.32 Å². The molecule has 1 saturated carbocycles. The number of nitrogens with one attached hydrogen (secondary N) is 1. The SMILES string of the molecule is CC(N[C@@H](C)C1CCCCC1)c1ccc(I)cc1. The van der Waals surface area contributed by atoms with Crippen molar-refractivity contribution in [2.24, 2.45) is 5.92 Å². The fourth-order valence-electron chi connectivity index (χ4n) is 3.01. The van der Waals surface area contributed by atoms with Crippen LogP contribution in [0.3, 0.4) is 0 Å². The standard InChI is InChI=1S/C16H24IN/c1-12(14-6-4-3-5-7-14)18-13(2)15-8-10-16(17)11-9-15/h8-14,18H,3-7H2,1-2H3/t12-,13?/m0/s1. The van der Waals surface area contributed by atoms with Crippen molar-refractivity contribution in [2.45, 2.75) is 58.0 Å². The Hall–Kier alpha value is -0.0900. The Morgan fingerprint density at radius 1 is 1.06 bits per heavy atom. The molecule has 2 rings (SSSR count). The van der Waals surface area contributed by atoms with E-state index >= 15 is 0 Å². The topological polar surface area (TPSA) is 12.0 Å². The second-order valence-corrected chi connectivity index (χ2v) is 6.87. The summed E-state index contributed by atoms with van der Waals surface area (Å²) < 4.78 is 1.31. The van der Waals surface area contributed by atoms with Gasteiger partial charge < -0.3 is 5.32 Å². The van der Waals surface area contributed by atoms with Crippen LogP contribution >= 0.6 is 22.6 Å². The Morgan fingerprint density at radius 2 is 1.67 bits per heavy atom. The van der Waals surface area contributed by atoms with Crippen molar-refractivity contribution in [3.63, 3.8) is 0 Å². The van der Waals surface area contributed by atoms with Crippen LogP contribution in [0.1, 0.15) is 57.6 Å². The first-order valence-corrected chi connectivity index (χ1v) is 8.26. The molecule has 2 heteroatoms. The molecule has 1 aromatic rings. The summed E-state index contributed by atoms with van der Waals surface area (Å²) in [5.41, 5.74) is 1.40. The van der Waals surface area contributed by atoms with E-state index in [4.69, 9.17) is 0 Å². The van der Waals surface area contributed by atoms with Gasteiger partial charge in [0.25, 0.3) is 0 Å². The Bertz CT molecular complexity index is 354. The predicted molar refractivity (Wildman–Crippen MR) is 86.7 cm³/mol. The lowest BCUT2D eigenvalue weighted by Gasteiger charge is -2.30. The van der Waals surface area contributed by atoms with Crippen molar-refractivity contribution in [1.29, 1.82) is 0 Å².